The molecular weight excluding hydrogens is 406 g/mol. The minimum absolute atomic E-state index is 0.108. The summed E-state index contributed by atoms with van der Waals surface area (Å²) in [6.07, 6.45) is 3.41. The summed E-state index contributed by atoms with van der Waals surface area (Å²) in [6, 6.07) is 0. The average molecular weight is 441 g/mol. The van der Waals surface area contributed by atoms with Crippen molar-refractivity contribution in [2.75, 3.05) is 7.18 Å². The van der Waals surface area contributed by atoms with Gasteiger partial charge in [-0.15, -0.1) is 0 Å². The SMILES string of the molecule is CC(C)OC(=O)[C@@]1(O)CCC2C3C[C@H](F)C4=CC(=O)C=C[C@]4(C)C3[C@@H](O)C[C@@]21C.CF. The lowest BCUT2D eigenvalue weighted by Gasteiger charge is -2.59. The van der Waals surface area contributed by atoms with Crippen molar-refractivity contribution in [3.8, 4) is 0 Å². The first-order valence-electron chi connectivity index (χ1n) is 11.0. The molecule has 0 bridgehead atoms. The molecule has 8 atom stereocenters. The van der Waals surface area contributed by atoms with E-state index in [1.165, 1.54) is 12.2 Å². The number of allylic oxidation sites excluding steroid dienone is 4. The van der Waals surface area contributed by atoms with E-state index in [1.54, 1.807) is 19.9 Å². The standard InChI is InChI=1S/C23H31FO5.CH3F/c1-12(2)29-20(27)23(28)8-6-15-14-10-17(24)16-9-13(25)5-7-21(16,3)19(14)18(26)11-22(15,23)4;1-2/h5,7,9,12,14-15,17-19,26,28H,6,8,10-11H2,1-4H3;1H3/t14?,15?,17-,18-,19?,21-,22-,23-;/m0./s1. The number of esters is 1. The van der Waals surface area contributed by atoms with Gasteiger partial charge in [-0.3, -0.25) is 9.18 Å². The Morgan fingerprint density at radius 2 is 1.94 bits per heavy atom. The summed E-state index contributed by atoms with van der Waals surface area (Å²) in [5.41, 5.74) is -2.86. The number of ketones is 1. The van der Waals surface area contributed by atoms with Crippen LogP contribution in [-0.4, -0.2) is 53.1 Å². The topological polar surface area (TPSA) is 83.8 Å². The fraction of sp³-hybridized carbons (Fsp3) is 0.750. The maximum absolute atomic E-state index is 15.3. The highest BCUT2D eigenvalue weighted by Crippen LogP contribution is 2.67. The van der Waals surface area contributed by atoms with E-state index in [2.05, 4.69) is 0 Å². The number of aliphatic hydroxyl groups excluding tert-OH is 1. The summed E-state index contributed by atoms with van der Waals surface area (Å²) in [4.78, 5) is 24.7. The molecule has 0 spiro atoms. The van der Waals surface area contributed by atoms with E-state index in [9.17, 15) is 24.2 Å². The van der Waals surface area contributed by atoms with Crippen LogP contribution in [0.25, 0.3) is 0 Å². The monoisotopic (exact) mass is 440 g/mol. The zero-order chi connectivity index (χ0) is 23.4. The Labute approximate surface area is 182 Å². The number of aliphatic hydroxyl groups is 2. The number of halogens is 2. The minimum Gasteiger partial charge on any atom is -0.461 e. The maximum atomic E-state index is 15.3. The number of ether oxygens (including phenoxy) is 1. The second kappa shape index (κ2) is 8.07. The fourth-order valence-corrected chi connectivity index (χ4v) is 6.99. The Morgan fingerprint density at radius 3 is 2.55 bits per heavy atom. The summed E-state index contributed by atoms with van der Waals surface area (Å²) in [7, 11) is 0.500. The Bertz CT molecular complexity index is 808. The molecule has 31 heavy (non-hydrogen) atoms. The summed E-state index contributed by atoms with van der Waals surface area (Å²) < 4.78 is 30.1. The van der Waals surface area contributed by atoms with Gasteiger partial charge in [0.2, 0.25) is 0 Å². The number of carbonyl (C=O) groups is 2. The second-order valence-electron chi connectivity index (χ2n) is 10.2. The van der Waals surface area contributed by atoms with E-state index < -0.39 is 34.7 Å². The van der Waals surface area contributed by atoms with Gasteiger partial charge in [0.05, 0.1) is 19.4 Å². The van der Waals surface area contributed by atoms with E-state index in [1.807, 2.05) is 13.8 Å². The van der Waals surface area contributed by atoms with Crippen molar-refractivity contribution in [3.05, 3.63) is 23.8 Å². The highest BCUT2D eigenvalue weighted by molar-refractivity contribution is 6.01. The van der Waals surface area contributed by atoms with Crippen molar-refractivity contribution in [1.29, 1.82) is 0 Å². The molecule has 0 aromatic carbocycles. The Morgan fingerprint density at radius 1 is 1.29 bits per heavy atom. The average Bonchev–Trinajstić information content (AvgIpc) is 2.96. The third-order valence-electron chi connectivity index (χ3n) is 8.31. The maximum Gasteiger partial charge on any atom is 0.338 e. The molecule has 3 unspecified atom stereocenters. The lowest BCUT2D eigenvalue weighted by Crippen LogP contribution is -2.62. The van der Waals surface area contributed by atoms with E-state index in [0.29, 0.717) is 19.2 Å². The van der Waals surface area contributed by atoms with Crippen LogP contribution < -0.4 is 0 Å². The molecule has 3 fully saturated rings. The lowest BCUT2D eigenvalue weighted by atomic mass is 9.46. The molecule has 0 aromatic rings. The molecule has 4 aliphatic carbocycles. The van der Waals surface area contributed by atoms with Crippen molar-refractivity contribution in [1.82, 2.24) is 0 Å². The van der Waals surface area contributed by atoms with Crippen molar-refractivity contribution < 1.29 is 33.3 Å². The number of carbonyl (C=O) groups excluding carboxylic acids is 2. The molecule has 0 aliphatic heterocycles. The van der Waals surface area contributed by atoms with Crippen LogP contribution in [0.3, 0.4) is 0 Å². The molecule has 2 N–H and O–H groups in total. The minimum atomic E-state index is -1.69. The fourth-order valence-electron chi connectivity index (χ4n) is 6.99. The van der Waals surface area contributed by atoms with Crippen LogP contribution >= 0.6 is 0 Å². The van der Waals surface area contributed by atoms with Crippen molar-refractivity contribution in [3.63, 3.8) is 0 Å². The number of rotatable bonds is 2. The molecule has 4 rings (SSSR count). The van der Waals surface area contributed by atoms with E-state index in [-0.39, 0.29) is 48.9 Å². The van der Waals surface area contributed by atoms with Crippen molar-refractivity contribution in [2.24, 2.45) is 28.6 Å². The molecule has 3 saturated carbocycles. The summed E-state index contributed by atoms with van der Waals surface area (Å²) in [5.74, 6) is -1.43. The Hall–Kier alpha value is -1.60. The van der Waals surface area contributed by atoms with E-state index in [0.717, 1.165) is 0 Å². The third-order valence-corrected chi connectivity index (χ3v) is 8.31. The highest BCUT2D eigenvalue weighted by atomic mass is 19.1. The highest BCUT2D eigenvalue weighted by Gasteiger charge is 2.69. The first-order chi connectivity index (χ1) is 14.4. The quantitative estimate of drug-likeness (QED) is 0.643. The van der Waals surface area contributed by atoms with Crippen molar-refractivity contribution >= 4 is 11.8 Å². The lowest BCUT2D eigenvalue weighted by molar-refractivity contribution is -0.201. The van der Waals surface area contributed by atoms with Gasteiger partial charge in [-0.25, -0.2) is 9.18 Å². The zero-order valence-corrected chi connectivity index (χ0v) is 18.9. The smallest absolute Gasteiger partial charge is 0.338 e. The van der Waals surface area contributed by atoms with Gasteiger partial charge in [0, 0.05) is 16.7 Å². The molecule has 0 saturated heterocycles. The third kappa shape index (κ3) is 3.39. The van der Waals surface area contributed by atoms with Crippen LogP contribution in [0.2, 0.25) is 0 Å². The van der Waals surface area contributed by atoms with Gasteiger partial charge in [-0.05, 0) is 69.1 Å². The second-order valence-corrected chi connectivity index (χ2v) is 10.2. The number of hydrogen-bond donors (Lipinski definition) is 2. The first kappa shape index (κ1) is 24.1. The molecule has 174 valence electrons. The summed E-state index contributed by atoms with van der Waals surface area (Å²) in [5, 5.41) is 22.7. The van der Waals surface area contributed by atoms with Gasteiger partial charge >= 0.3 is 5.97 Å². The molecular formula is C24H34F2O5. The summed E-state index contributed by atoms with van der Waals surface area (Å²) >= 11 is 0. The molecule has 5 nitrogen and oxygen atoms in total. The number of hydrogen-bond acceptors (Lipinski definition) is 5. The molecule has 4 aliphatic rings. The van der Waals surface area contributed by atoms with Gasteiger partial charge in [-0.1, -0.05) is 19.9 Å². The molecule has 7 heteroatoms. The van der Waals surface area contributed by atoms with Crippen LogP contribution in [0.1, 0.15) is 53.4 Å². The molecule has 0 radical (unpaired) electrons. The van der Waals surface area contributed by atoms with Crippen LogP contribution in [0.5, 0.6) is 0 Å². The largest absolute Gasteiger partial charge is 0.461 e. The van der Waals surface area contributed by atoms with Crippen LogP contribution in [0.15, 0.2) is 23.8 Å². The van der Waals surface area contributed by atoms with Crippen LogP contribution in [-0.2, 0) is 14.3 Å². The molecule has 0 aromatic heterocycles. The van der Waals surface area contributed by atoms with Gasteiger partial charge < -0.3 is 14.9 Å². The van der Waals surface area contributed by atoms with Crippen LogP contribution in [0, 0.1) is 28.6 Å². The van der Waals surface area contributed by atoms with Gasteiger partial charge in [-0.2, -0.15) is 0 Å². The zero-order valence-electron chi connectivity index (χ0n) is 18.9. The van der Waals surface area contributed by atoms with Gasteiger partial charge in [0.25, 0.3) is 0 Å². The van der Waals surface area contributed by atoms with Gasteiger partial charge in [0.15, 0.2) is 11.4 Å². The summed E-state index contributed by atoms with van der Waals surface area (Å²) in [6.45, 7) is 7.21. The number of fused-ring (bicyclic) bond motifs is 5. The molecule has 0 heterocycles. The van der Waals surface area contributed by atoms with Gasteiger partial charge in [0.1, 0.15) is 6.17 Å². The predicted molar refractivity (Wildman–Crippen MR) is 111 cm³/mol. The normalized spacial score (nSPS) is 45.7. The Kier molecular flexibility index (Phi) is 6.26. The number of alkyl halides is 2. The van der Waals surface area contributed by atoms with Crippen LogP contribution in [0.4, 0.5) is 8.78 Å². The molecule has 0 amide bonds. The Balaban J connectivity index is 0.00000132. The van der Waals surface area contributed by atoms with E-state index in [4.69, 9.17) is 4.74 Å². The van der Waals surface area contributed by atoms with Crippen molar-refractivity contribution in [2.45, 2.75) is 77.4 Å². The first-order valence-corrected chi connectivity index (χ1v) is 11.0. The predicted octanol–water partition coefficient (Wildman–Crippen LogP) is 3.48. The van der Waals surface area contributed by atoms with E-state index >= 15 is 4.39 Å².